The average molecular weight is 440 g/mol. The van der Waals surface area contributed by atoms with E-state index >= 15 is 0 Å². The van der Waals surface area contributed by atoms with Crippen LogP contribution < -0.4 is 14.8 Å². The minimum Gasteiger partial charge on any atom is -0.493 e. The molecule has 166 valence electrons. The molecule has 0 radical (unpaired) electrons. The van der Waals surface area contributed by atoms with Crippen LogP contribution in [-0.4, -0.2) is 13.2 Å². The Kier molecular flexibility index (Phi) is 5.92. The van der Waals surface area contributed by atoms with Crippen molar-refractivity contribution in [1.82, 2.24) is 5.32 Å². The van der Waals surface area contributed by atoms with Gasteiger partial charge in [0.05, 0.1) is 7.11 Å². The molecular weight excluding hydrogens is 406 g/mol. The van der Waals surface area contributed by atoms with E-state index in [0.717, 1.165) is 46.4 Å². The summed E-state index contributed by atoms with van der Waals surface area (Å²) in [4.78, 5) is 0. The third-order valence-corrected chi connectivity index (χ3v) is 8.55. The summed E-state index contributed by atoms with van der Waals surface area (Å²) in [5, 5.41) is 4.60. The lowest BCUT2D eigenvalue weighted by Gasteiger charge is -2.59. The van der Waals surface area contributed by atoms with E-state index in [1.165, 1.54) is 44.1 Å². The number of ether oxygens (including phenoxy) is 2. The number of nitrogens with one attached hydrogen (secondary N) is 1. The molecule has 0 heterocycles. The van der Waals surface area contributed by atoms with Crippen LogP contribution in [0.5, 0.6) is 11.5 Å². The highest BCUT2D eigenvalue weighted by Gasteiger charge is 2.52. The predicted octanol–water partition coefficient (Wildman–Crippen LogP) is 6.62. The van der Waals surface area contributed by atoms with Crippen molar-refractivity contribution in [3.8, 4) is 11.5 Å². The van der Waals surface area contributed by atoms with Gasteiger partial charge in [-0.05, 0) is 92.4 Å². The molecule has 6 rings (SSSR count). The highest BCUT2D eigenvalue weighted by atomic mass is 35.5. The minimum absolute atomic E-state index is 0.427. The minimum atomic E-state index is 0.427. The van der Waals surface area contributed by atoms with Gasteiger partial charge in [0, 0.05) is 23.2 Å². The zero-order valence-corrected chi connectivity index (χ0v) is 19.5. The van der Waals surface area contributed by atoms with Crippen LogP contribution in [0.15, 0.2) is 42.5 Å². The SMILES string of the molecule is COc1cc(CN[C@@H](C)C23CC4CC(CC(C4)C2)C3)ccc1OCc1ccccc1Cl. The normalized spacial score (nSPS) is 29.7. The fourth-order valence-electron chi connectivity index (χ4n) is 6.91. The van der Waals surface area contributed by atoms with Gasteiger partial charge in [-0.3, -0.25) is 0 Å². The average Bonchev–Trinajstić information content (AvgIpc) is 2.76. The van der Waals surface area contributed by atoms with Crippen molar-refractivity contribution in [1.29, 1.82) is 0 Å². The molecule has 2 aromatic carbocycles. The maximum absolute atomic E-state index is 6.25. The van der Waals surface area contributed by atoms with Gasteiger partial charge in [-0.1, -0.05) is 35.9 Å². The second kappa shape index (κ2) is 8.67. The quantitative estimate of drug-likeness (QED) is 0.501. The standard InChI is InChI=1S/C27H34ClNO2/c1-18(27-13-20-9-21(14-27)11-22(10-20)15-27)29-16-19-7-8-25(26(12-19)30-2)31-17-23-5-3-4-6-24(23)28/h3-8,12,18,20-22,29H,9-11,13-17H2,1-2H3/t18-,20?,21?,22?,27?/m0/s1. The van der Waals surface area contributed by atoms with Crippen LogP contribution in [0.3, 0.4) is 0 Å². The van der Waals surface area contributed by atoms with Crippen LogP contribution in [0.4, 0.5) is 0 Å². The lowest BCUT2D eigenvalue weighted by atomic mass is 9.48. The molecule has 4 heteroatoms. The fraction of sp³-hybridized carbons (Fsp3) is 0.556. The highest BCUT2D eigenvalue weighted by molar-refractivity contribution is 6.31. The van der Waals surface area contributed by atoms with Crippen LogP contribution >= 0.6 is 11.6 Å². The van der Waals surface area contributed by atoms with Gasteiger partial charge in [0.25, 0.3) is 0 Å². The first-order valence-corrected chi connectivity index (χ1v) is 12.2. The molecule has 4 fully saturated rings. The summed E-state index contributed by atoms with van der Waals surface area (Å²) in [6, 6.07) is 14.6. The molecule has 0 spiro atoms. The van der Waals surface area contributed by atoms with Crippen molar-refractivity contribution in [2.75, 3.05) is 7.11 Å². The number of halogens is 1. The molecule has 0 aromatic heterocycles. The Balaban J connectivity index is 1.21. The second-order valence-corrected chi connectivity index (χ2v) is 10.7. The molecule has 4 bridgehead atoms. The summed E-state index contributed by atoms with van der Waals surface area (Å²) in [7, 11) is 1.70. The summed E-state index contributed by atoms with van der Waals surface area (Å²) in [5.74, 6) is 4.49. The van der Waals surface area contributed by atoms with Crippen LogP contribution in [-0.2, 0) is 13.2 Å². The van der Waals surface area contributed by atoms with Crippen molar-refractivity contribution < 1.29 is 9.47 Å². The van der Waals surface area contributed by atoms with E-state index in [0.29, 0.717) is 18.1 Å². The molecule has 4 saturated carbocycles. The van der Waals surface area contributed by atoms with E-state index < -0.39 is 0 Å². The van der Waals surface area contributed by atoms with Crippen molar-refractivity contribution in [3.05, 3.63) is 58.6 Å². The van der Waals surface area contributed by atoms with Crippen molar-refractivity contribution in [2.24, 2.45) is 23.2 Å². The maximum Gasteiger partial charge on any atom is 0.161 e. The molecule has 4 aliphatic rings. The van der Waals surface area contributed by atoms with Gasteiger partial charge in [0.2, 0.25) is 0 Å². The molecule has 4 aliphatic carbocycles. The summed E-state index contributed by atoms with van der Waals surface area (Å²) in [5.41, 5.74) is 2.73. The number of methoxy groups -OCH3 is 1. The molecule has 1 atom stereocenters. The van der Waals surface area contributed by atoms with Gasteiger partial charge in [-0.25, -0.2) is 0 Å². The van der Waals surface area contributed by atoms with Crippen LogP contribution in [0.25, 0.3) is 0 Å². The molecular formula is C27H34ClNO2. The Morgan fingerprint density at radius 2 is 1.68 bits per heavy atom. The van der Waals surface area contributed by atoms with Gasteiger partial charge in [-0.2, -0.15) is 0 Å². The third-order valence-electron chi connectivity index (χ3n) is 8.19. The van der Waals surface area contributed by atoms with Gasteiger partial charge >= 0.3 is 0 Å². The zero-order valence-electron chi connectivity index (χ0n) is 18.7. The summed E-state index contributed by atoms with van der Waals surface area (Å²) < 4.78 is 11.6. The Bertz CT molecular complexity index is 892. The van der Waals surface area contributed by atoms with Gasteiger partial charge in [0.1, 0.15) is 6.61 Å². The van der Waals surface area contributed by atoms with E-state index in [1.54, 1.807) is 7.11 Å². The van der Waals surface area contributed by atoms with E-state index in [-0.39, 0.29) is 0 Å². The molecule has 0 aliphatic heterocycles. The number of hydrogen-bond donors (Lipinski definition) is 1. The van der Waals surface area contributed by atoms with Crippen LogP contribution in [0.2, 0.25) is 5.02 Å². The van der Waals surface area contributed by atoms with Crippen molar-refractivity contribution >= 4 is 11.6 Å². The van der Waals surface area contributed by atoms with E-state index in [1.807, 2.05) is 30.3 Å². The monoisotopic (exact) mass is 439 g/mol. The maximum atomic E-state index is 6.25. The molecule has 3 nitrogen and oxygen atoms in total. The number of rotatable bonds is 8. The summed E-state index contributed by atoms with van der Waals surface area (Å²) in [6.45, 7) is 3.71. The highest BCUT2D eigenvalue weighted by Crippen LogP contribution is 2.61. The van der Waals surface area contributed by atoms with Crippen molar-refractivity contribution in [3.63, 3.8) is 0 Å². The smallest absolute Gasteiger partial charge is 0.161 e. The summed E-state index contributed by atoms with van der Waals surface area (Å²) >= 11 is 6.25. The van der Waals surface area contributed by atoms with Crippen LogP contribution in [0.1, 0.15) is 56.6 Å². The van der Waals surface area contributed by atoms with Crippen LogP contribution in [0, 0.1) is 23.2 Å². The molecule has 0 unspecified atom stereocenters. The molecule has 1 N–H and O–H groups in total. The Morgan fingerprint density at radius 1 is 1.00 bits per heavy atom. The number of hydrogen-bond acceptors (Lipinski definition) is 3. The number of benzene rings is 2. The summed E-state index contributed by atoms with van der Waals surface area (Å²) in [6.07, 6.45) is 8.80. The van der Waals surface area contributed by atoms with E-state index in [9.17, 15) is 0 Å². The van der Waals surface area contributed by atoms with Gasteiger partial charge in [-0.15, -0.1) is 0 Å². The lowest BCUT2D eigenvalue weighted by molar-refractivity contribution is -0.0706. The van der Waals surface area contributed by atoms with E-state index in [2.05, 4.69) is 24.4 Å². The first kappa shape index (κ1) is 21.2. The predicted molar refractivity (Wildman–Crippen MR) is 126 cm³/mol. The third kappa shape index (κ3) is 4.32. The van der Waals surface area contributed by atoms with Gasteiger partial charge < -0.3 is 14.8 Å². The second-order valence-electron chi connectivity index (χ2n) is 10.2. The van der Waals surface area contributed by atoms with E-state index in [4.69, 9.17) is 21.1 Å². The molecule has 0 amide bonds. The Hall–Kier alpha value is -1.71. The Labute approximate surface area is 191 Å². The largest absolute Gasteiger partial charge is 0.493 e. The van der Waals surface area contributed by atoms with Gasteiger partial charge in [0.15, 0.2) is 11.5 Å². The lowest BCUT2D eigenvalue weighted by Crippen LogP contribution is -2.54. The molecule has 0 saturated heterocycles. The fourth-order valence-corrected chi connectivity index (χ4v) is 7.10. The molecule has 2 aromatic rings. The first-order valence-electron chi connectivity index (χ1n) is 11.8. The first-order chi connectivity index (χ1) is 15.0. The van der Waals surface area contributed by atoms with Crippen molar-refractivity contribution in [2.45, 2.75) is 64.6 Å². The Morgan fingerprint density at radius 3 is 2.32 bits per heavy atom. The topological polar surface area (TPSA) is 30.5 Å². The zero-order chi connectivity index (χ0) is 21.4. The molecule has 31 heavy (non-hydrogen) atoms.